The normalized spacial score (nSPS) is 19.3. The summed E-state index contributed by atoms with van der Waals surface area (Å²) in [6.45, 7) is 6.30. The van der Waals surface area contributed by atoms with Crippen molar-refractivity contribution in [2.75, 3.05) is 20.3 Å². The van der Waals surface area contributed by atoms with Crippen molar-refractivity contribution in [1.82, 2.24) is 4.90 Å². The van der Waals surface area contributed by atoms with Gasteiger partial charge >= 0.3 is 0 Å². The van der Waals surface area contributed by atoms with Gasteiger partial charge in [0.15, 0.2) is 0 Å². The third-order valence-electron chi connectivity index (χ3n) is 3.76. The Kier molecular flexibility index (Phi) is 6.38. The van der Waals surface area contributed by atoms with Crippen LogP contribution in [0.5, 0.6) is 0 Å². The summed E-state index contributed by atoms with van der Waals surface area (Å²) in [5.74, 6) is 0.868. The molecule has 0 aromatic rings. The van der Waals surface area contributed by atoms with Crippen molar-refractivity contribution in [3.05, 3.63) is 0 Å². The molecular weight excluding hydrogens is 232 g/mol. The first-order valence-electron chi connectivity index (χ1n) is 6.63. The van der Waals surface area contributed by atoms with Crippen molar-refractivity contribution in [2.24, 2.45) is 11.7 Å². The predicted octanol–water partition coefficient (Wildman–Crippen LogP) is 2.19. The lowest BCUT2D eigenvalue weighted by Crippen LogP contribution is -2.45. The molecule has 17 heavy (non-hydrogen) atoms. The van der Waals surface area contributed by atoms with E-state index in [2.05, 4.69) is 18.7 Å². The van der Waals surface area contributed by atoms with E-state index in [-0.39, 0.29) is 0 Å². The summed E-state index contributed by atoms with van der Waals surface area (Å²) < 4.78 is 5.22. The Balaban J connectivity index is 2.59. The maximum Gasteiger partial charge on any atom is 0.0743 e. The second-order valence-electron chi connectivity index (χ2n) is 5.04. The summed E-state index contributed by atoms with van der Waals surface area (Å²) in [7, 11) is 1.76. The molecule has 1 rings (SSSR count). The summed E-state index contributed by atoms with van der Waals surface area (Å²) >= 11 is 5.06. The van der Waals surface area contributed by atoms with Crippen LogP contribution in [-0.2, 0) is 4.74 Å². The maximum absolute atomic E-state index is 5.70. The van der Waals surface area contributed by atoms with E-state index < -0.39 is 0 Å². The number of thiocarbonyl (C=S) groups is 1. The molecule has 0 radical (unpaired) electrons. The van der Waals surface area contributed by atoms with Gasteiger partial charge in [-0.05, 0) is 32.1 Å². The van der Waals surface area contributed by atoms with Crippen LogP contribution in [0.4, 0.5) is 0 Å². The van der Waals surface area contributed by atoms with Crippen molar-refractivity contribution < 1.29 is 4.74 Å². The molecule has 0 aromatic carbocycles. The van der Waals surface area contributed by atoms with Crippen LogP contribution < -0.4 is 5.73 Å². The van der Waals surface area contributed by atoms with Gasteiger partial charge in [-0.15, -0.1) is 0 Å². The van der Waals surface area contributed by atoms with Crippen LogP contribution in [-0.4, -0.2) is 42.2 Å². The Hall–Kier alpha value is -0.190. The van der Waals surface area contributed by atoms with Gasteiger partial charge in [0.05, 0.1) is 11.6 Å². The third kappa shape index (κ3) is 4.90. The molecule has 1 fully saturated rings. The SMILES string of the molecule is CCC(CC(N)=S)N(CCOC)C(C)C1CC1. The fourth-order valence-electron chi connectivity index (χ4n) is 2.49. The molecule has 100 valence electrons. The third-order valence-corrected chi connectivity index (χ3v) is 3.92. The molecule has 4 heteroatoms. The molecule has 0 bridgehead atoms. The van der Waals surface area contributed by atoms with Gasteiger partial charge in [0, 0.05) is 32.2 Å². The van der Waals surface area contributed by atoms with E-state index in [0.29, 0.717) is 17.1 Å². The molecule has 1 aliphatic rings. The molecule has 3 nitrogen and oxygen atoms in total. The van der Waals surface area contributed by atoms with E-state index in [4.69, 9.17) is 22.7 Å². The topological polar surface area (TPSA) is 38.5 Å². The van der Waals surface area contributed by atoms with Crippen LogP contribution in [0.25, 0.3) is 0 Å². The molecule has 1 saturated carbocycles. The zero-order valence-electron chi connectivity index (χ0n) is 11.3. The Bertz CT molecular complexity index is 244. The van der Waals surface area contributed by atoms with Gasteiger partial charge in [-0.1, -0.05) is 19.1 Å². The largest absolute Gasteiger partial charge is 0.393 e. The number of nitrogens with two attached hydrogens (primary N) is 1. The second kappa shape index (κ2) is 7.29. The summed E-state index contributed by atoms with van der Waals surface area (Å²) in [4.78, 5) is 3.17. The lowest BCUT2D eigenvalue weighted by molar-refractivity contribution is 0.0817. The van der Waals surface area contributed by atoms with E-state index in [1.54, 1.807) is 7.11 Å². The molecule has 0 aromatic heterocycles. The van der Waals surface area contributed by atoms with Crippen LogP contribution >= 0.6 is 12.2 Å². The highest BCUT2D eigenvalue weighted by Gasteiger charge is 2.34. The van der Waals surface area contributed by atoms with Gasteiger partial charge in [-0.2, -0.15) is 0 Å². The molecule has 0 heterocycles. The van der Waals surface area contributed by atoms with Crippen LogP contribution in [0.3, 0.4) is 0 Å². The summed E-state index contributed by atoms with van der Waals surface area (Å²) in [6.07, 6.45) is 4.66. The number of ether oxygens (including phenoxy) is 1. The number of methoxy groups -OCH3 is 1. The average Bonchev–Trinajstić information content (AvgIpc) is 3.10. The quantitative estimate of drug-likeness (QED) is 0.643. The molecule has 0 aliphatic heterocycles. The second-order valence-corrected chi connectivity index (χ2v) is 5.57. The zero-order valence-corrected chi connectivity index (χ0v) is 12.1. The summed E-state index contributed by atoms with van der Waals surface area (Å²) in [6, 6.07) is 1.10. The summed E-state index contributed by atoms with van der Waals surface area (Å²) in [5.41, 5.74) is 5.70. The van der Waals surface area contributed by atoms with Gasteiger partial charge in [0.1, 0.15) is 0 Å². The highest BCUT2D eigenvalue weighted by Crippen LogP contribution is 2.36. The predicted molar refractivity (Wildman–Crippen MR) is 76.2 cm³/mol. The van der Waals surface area contributed by atoms with Crippen molar-refractivity contribution >= 4 is 17.2 Å². The van der Waals surface area contributed by atoms with Gasteiger partial charge < -0.3 is 10.5 Å². The fourth-order valence-corrected chi connectivity index (χ4v) is 2.69. The van der Waals surface area contributed by atoms with Crippen molar-refractivity contribution in [3.63, 3.8) is 0 Å². The average molecular weight is 258 g/mol. The first-order valence-corrected chi connectivity index (χ1v) is 7.03. The first-order chi connectivity index (χ1) is 8.10. The van der Waals surface area contributed by atoms with Crippen LogP contribution in [0.15, 0.2) is 0 Å². The van der Waals surface area contributed by atoms with E-state index in [1.165, 1.54) is 12.8 Å². The Morgan fingerprint density at radius 1 is 1.53 bits per heavy atom. The molecule has 0 saturated heterocycles. The minimum atomic E-state index is 0.471. The minimum Gasteiger partial charge on any atom is -0.393 e. The zero-order chi connectivity index (χ0) is 12.8. The Morgan fingerprint density at radius 2 is 2.18 bits per heavy atom. The highest BCUT2D eigenvalue weighted by molar-refractivity contribution is 7.80. The fraction of sp³-hybridized carbons (Fsp3) is 0.923. The van der Waals surface area contributed by atoms with E-state index in [1.807, 2.05) is 0 Å². The van der Waals surface area contributed by atoms with E-state index in [9.17, 15) is 0 Å². The molecule has 0 spiro atoms. The Morgan fingerprint density at radius 3 is 2.59 bits per heavy atom. The Labute approximate surface area is 111 Å². The molecule has 1 aliphatic carbocycles. The van der Waals surface area contributed by atoms with Crippen molar-refractivity contribution in [2.45, 2.75) is 51.6 Å². The molecule has 2 atom stereocenters. The summed E-state index contributed by atoms with van der Waals surface area (Å²) in [5, 5.41) is 0. The minimum absolute atomic E-state index is 0.471. The lowest BCUT2D eigenvalue weighted by Gasteiger charge is -2.36. The van der Waals surface area contributed by atoms with E-state index in [0.717, 1.165) is 31.9 Å². The first kappa shape index (κ1) is 14.9. The monoisotopic (exact) mass is 258 g/mol. The number of rotatable bonds is 9. The van der Waals surface area contributed by atoms with Gasteiger partial charge in [-0.25, -0.2) is 0 Å². The van der Waals surface area contributed by atoms with Crippen molar-refractivity contribution in [1.29, 1.82) is 0 Å². The smallest absolute Gasteiger partial charge is 0.0743 e. The maximum atomic E-state index is 5.70. The molecule has 0 amide bonds. The standard InChI is InChI=1S/C13H26N2OS/c1-4-12(9-13(14)17)15(7-8-16-3)10(2)11-5-6-11/h10-12H,4-9H2,1-3H3,(H2,14,17). The van der Waals surface area contributed by atoms with Crippen LogP contribution in [0.2, 0.25) is 0 Å². The van der Waals surface area contributed by atoms with Crippen LogP contribution in [0.1, 0.15) is 39.5 Å². The number of hydrogen-bond donors (Lipinski definition) is 1. The lowest BCUT2D eigenvalue weighted by atomic mass is 10.0. The van der Waals surface area contributed by atoms with Gasteiger partial charge in [-0.3, -0.25) is 4.90 Å². The molecule has 2 N–H and O–H groups in total. The van der Waals surface area contributed by atoms with Gasteiger partial charge in [0.2, 0.25) is 0 Å². The van der Waals surface area contributed by atoms with Gasteiger partial charge in [0.25, 0.3) is 0 Å². The van der Waals surface area contributed by atoms with Crippen LogP contribution in [0, 0.1) is 5.92 Å². The molecule has 2 unspecified atom stereocenters. The number of nitrogens with zero attached hydrogens (tertiary/aromatic N) is 1. The van der Waals surface area contributed by atoms with E-state index >= 15 is 0 Å². The highest BCUT2D eigenvalue weighted by atomic mass is 32.1. The number of hydrogen-bond acceptors (Lipinski definition) is 3. The molecular formula is C13H26N2OS. The van der Waals surface area contributed by atoms with Crippen molar-refractivity contribution in [3.8, 4) is 0 Å².